The minimum Gasteiger partial charge on any atom is -0.394 e. The number of aliphatic hydroxyl groups is 4. The molecule has 4 aromatic heterocycles. The number of aromatic nitrogens is 8. The Hall–Kier alpha value is -3.30. The van der Waals surface area contributed by atoms with E-state index >= 15 is 0 Å². The Balaban J connectivity index is 0.000000172. The zero-order valence-corrected chi connectivity index (χ0v) is 19.3. The number of anilines is 1. The molecule has 188 valence electrons. The molecule has 0 bridgehead atoms. The third kappa shape index (κ3) is 5.36. The van der Waals surface area contributed by atoms with Gasteiger partial charge < -0.3 is 35.5 Å². The van der Waals surface area contributed by atoms with Crippen LogP contribution in [-0.4, -0.2) is 97.4 Å². The summed E-state index contributed by atoms with van der Waals surface area (Å²) >= 11 is 0. The summed E-state index contributed by atoms with van der Waals surface area (Å²) in [6.45, 7) is 4.84. The lowest BCUT2D eigenvalue weighted by atomic mass is 9.98. The van der Waals surface area contributed by atoms with E-state index in [9.17, 15) is 15.3 Å². The molecule has 4 aromatic rings. The Bertz CT molecular complexity index is 1230. The standard InChI is InChI=1S/C11H14N4O5.C10H15N5/c16-2-6-7(17)8(18)9(19)11(20-6)15-4-14-5-1-12-3-13-10(5)15;1-7(2)3-4-11-9-8-10(13-5-12-8)15-6-14-9/h1,3-4,6-9,11,16-19H,2H2;5-7H,3-4H2,1-2H3,(H2,11,12,13,14,15)/t6-,7-,8+,9-,11?;/m1./s1. The summed E-state index contributed by atoms with van der Waals surface area (Å²) in [6.07, 6.45) is 2.32. The van der Waals surface area contributed by atoms with Gasteiger partial charge in [0.05, 0.1) is 25.5 Å². The van der Waals surface area contributed by atoms with Crippen LogP contribution in [0.1, 0.15) is 26.5 Å². The van der Waals surface area contributed by atoms with Crippen molar-refractivity contribution in [2.24, 2.45) is 5.92 Å². The fraction of sp³-hybridized carbons (Fsp3) is 0.524. The topological polar surface area (TPSA) is 200 Å². The first-order chi connectivity index (χ1) is 16.9. The zero-order chi connectivity index (χ0) is 24.9. The van der Waals surface area contributed by atoms with E-state index in [-0.39, 0.29) is 0 Å². The Morgan fingerprint density at radius 1 is 1.06 bits per heavy atom. The fourth-order valence-corrected chi connectivity index (χ4v) is 3.66. The first-order valence-electron chi connectivity index (χ1n) is 11.2. The molecule has 14 nitrogen and oxygen atoms in total. The second-order valence-electron chi connectivity index (χ2n) is 8.54. The van der Waals surface area contributed by atoms with Crippen molar-refractivity contribution in [1.82, 2.24) is 39.5 Å². The molecule has 1 aliphatic heterocycles. The number of H-pyrrole nitrogens is 1. The van der Waals surface area contributed by atoms with Crippen molar-refractivity contribution < 1.29 is 25.2 Å². The van der Waals surface area contributed by atoms with Gasteiger partial charge >= 0.3 is 0 Å². The molecule has 5 atom stereocenters. The molecule has 0 saturated carbocycles. The van der Waals surface area contributed by atoms with E-state index in [2.05, 4.69) is 54.1 Å². The molecule has 1 aliphatic rings. The van der Waals surface area contributed by atoms with Crippen LogP contribution >= 0.6 is 0 Å². The quantitative estimate of drug-likeness (QED) is 0.206. The Morgan fingerprint density at radius 2 is 1.89 bits per heavy atom. The molecule has 0 spiro atoms. The van der Waals surface area contributed by atoms with Gasteiger partial charge in [0.1, 0.15) is 48.1 Å². The number of aliphatic hydroxyl groups excluding tert-OH is 4. The second kappa shape index (κ2) is 11.0. The SMILES string of the molecule is CC(C)CCNc1ncnc2nc[nH]c12.OC[C@H]1OC(n2cnc3cncnc32)[C@H](O)[C@@H](O)[C@@H]1O. The van der Waals surface area contributed by atoms with Gasteiger partial charge in [-0.3, -0.25) is 4.57 Å². The summed E-state index contributed by atoms with van der Waals surface area (Å²) in [6, 6.07) is 0. The van der Waals surface area contributed by atoms with Gasteiger partial charge in [0, 0.05) is 6.54 Å². The van der Waals surface area contributed by atoms with Crippen molar-refractivity contribution in [2.45, 2.75) is 50.9 Å². The van der Waals surface area contributed by atoms with Crippen molar-refractivity contribution in [3.63, 3.8) is 0 Å². The molecule has 1 unspecified atom stereocenters. The van der Waals surface area contributed by atoms with E-state index in [0.717, 1.165) is 24.3 Å². The van der Waals surface area contributed by atoms with Crippen LogP contribution in [0, 0.1) is 5.92 Å². The summed E-state index contributed by atoms with van der Waals surface area (Å²) in [5.41, 5.74) is 2.51. The van der Waals surface area contributed by atoms with Crippen LogP contribution in [0.3, 0.4) is 0 Å². The maximum Gasteiger partial charge on any atom is 0.182 e. The van der Waals surface area contributed by atoms with Crippen molar-refractivity contribution in [1.29, 1.82) is 0 Å². The third-order valence-electron chi connectivity index (χ3n) is 5.62. The summed E-state index contributed by atoms with van der Waals surface area (Å²) in [5.74, 6) is 1.52. The van der Waals surface area contributed by atoms with Crippen LogP contribution in [0.5, 0.6) is 0 Å². The lowest BCUT2D eigenvalue weighted by Gasteiger charge is -2.40. The minimum absolute atomic E-state index is 0.421. The number of ether oxygens (including phenoxy) is 1. The van der Waals surface area contributed by atoms with Crippen LogP contribution in [-0.2, 0) is 4.74 Å². The van der Waals surface area contributed by atoms with Gasteiger partial charge in [-0.15, -0.1) is 0 Å². The predicted molar refractivity (Wildman–Crippen MR) is 124 cm³/mol. The van der Waals surface area contributed by atoms with Crippen LogP contribution in [0.25, 0.3) is 22.3 Å². The molecule has 1 saturated heterocycles. The number of nitrogens with zero attached hydrogens (tertiary/aromatic N) is 7. The molecule has 0 radical (unpaired) electrons. The predicted octanol–water partition coefficient (Wildman–Crippen LogP) is -0.390. The Labute approximate surface area is 200 Å². The van der Waals surface area contributed by atoms with Gasteiger partial charge in [-0.1, -0.05) is 13.8 Å². The van der Waals surface area contributed by atoms with Crippen LogP contribution in [0.2, 0.25) is 0 Å². The lowest BCUT2D eigenvalue weighted by molar-refractivity contribution is -0.250. The van der Waals surface area contributed by atoms with Gasteiger partial charge in [-0.2, -0.15) is 0 Å². The highest BCUT2D eigenvalue weighted by atomic mass is 16.6. The summed E-state index contributed by atoms with van der Waals surface area (Å²) < 4.78 is 6.87. The van der Waals surface area contributed by atoms with Gasteiger partial charge in [-0.05, 0) is 12.3 Å². The molecular weight excluding hydrogens is 458 g/mol. The van der Waals surface area contributed by atoms with E-state index in [1.54, 1.807) is 6.33 Å². The number of imidazole rings is 2. The first-order valence-corrected chi connectivity index (χ1v) is 11.2. The second-order valence-corrected chi connectivity index (χ2v) is 8.54. The molecule has 14 heteroatoms. The maximum absolute atomic E-state index is 10.0. The van der Waals surface area contributed by atoms with E-state index < -0.39 is 37.3 Å². The molecule has 0 aliphatic carbocycles. The smallest absolute Gasteiger partial charge is 0.182 e. The molecule has 0 amide bonds. The van der Waals surface area contributed by atoms with E-state index in [1.165, 1.54) is 29.7 Å². The molecule has 35 heavy (non-hydrogen) atoms. The summed E-state index contributed by atoms with van der Waals surface area (Å²) in [7, 11) is 0. The first kappa shape index (κ1) is 24.8. The van der Waals surface area contributed by atoms with Crippen LogP contribution < -0.4 is 5.32 Å². The normalized spacial score (nSPS) is 24.5. The monoisotopic (exact) mass is 487 g/mol. The number of rotatable bonds is 6. The molecule has 5 heterocycles. The highest BCUT2D eigenvalue weighted by Gasteiger charge is 2.44. The molecule has 5 rings (SSSR count). The van der Waals surface area contributed by atoms with E-state index in [1.807, 2.05) is 0 Å². The maximum atomic E-state index is 10.0. The van der Waals surface area contributed by atoms with E-state index in [0.29, 0.717) is 22.7 Å². The highest BCUT2D eigenvalue weighted by Crippen LogP contribution is 2.30. The van der Waals surface area contributed by atoms with Crippen molar-refractivity contribution in [3.8, 4) is 0 Å². The van der Waals surface area contributed by atoms with Gasteiger partial charge in [-0.25, -0.2) is 29.9 Å². The third-order valence-corrected chi connectivity index (χ3v) is 5.62. The molecule has 1 fully saturated rings. The largest absolute Gasteiger partial charge is 0.394 e. The molecule has 0 aromatic carbocycles. The average molecular weight is 488 g/mol. The van der Waals surface area contributed by atoms with E-state index in [4.69, 9.17) is 9.84 Å². The van der Waals surface area contributed by atoms with Crippen LogP contribution in [0.4, 0.5) is 5.82 Å². The fourth-order valence-electron chi connectivity index (χ4n) is 3.66. The Morgan fingerprint density at radius 3 is 2.66 bits per heavy atom. The van der Waals surface area contributed by atoms with Gasteiger partial charge in [0.25, 0.3) is 0 Å². The van der Waals surface area contributed by atoms with Gasteiger partial charge in [0.15, 0.2) is 23.3 Å². The number of aromatic amines is 1. The van der Waals surface area contributed by atoms with Crippen molar-refractivity contribution in [3.05, 3.63) is 31.5 Å². The number of nitrogens with one attached hydrogen (secondary N) is 2. The summed E-state index contributed by atoms with van der Waals surface area (Å²) in [4.78, 5) is 27.3. The Kier molecular flexibility index (Phi) is 7.77. The van der Waals surface area contributed by atoms with Crippen LogP contribution in [0.15, 0.2) is 31.5 Å². The highest BCUT2D eigenvalue weighted by molar-refractivity contribution is 5.81. The average Bonchev–Trinajstić information content (AvgIpc) is 3.51. The summed E-state index contributed by atoms with van der Waals surface area (Å²) in [5, 5.41) is 42.0. The van der Waals surface area contributed by atoms with Gasteiger partial charge in [0.2, 0.25) is 0 Å². The lowest BCUT2D eigenvalue weighted by Crippen LogP contribution is -2.56. The number of fused-ring (bicyclic) bond motifs is 2. The number of hydrogen-bond donors (Lipinski definition) is 6. The number of hydrogen-bond acceptors (Lipinski definition) is 12. The molecule has 6 N–H and O–H groups in total. The van der Waals surface area contributed by atoms with Crippen molar-refractivity contribution >= 4 is 28.1 Å². The van der Waals surface area contributed by atoms with Crippen molar-refractivity contribution in [2.75, 3.05) is 18.5 Å². The zero-order valence-electron chi connectivity index (χ0n) is 19.3. The molecular formula is C21H29N9O5. The minimum atomic E-state index is -1.44.